The molecular weight excluding hydrogens is 332 g/mol. The first-order valence-electron chi connectivity index (χ1n) is 8.41. The monoisotopic (exact) mass is 354 g/mol. The molecule has 0 aliphatic heterocycles. The van der Waals surface area contributed by atoms with Crippen molar-refractivity contribution in [3.05, 3.63) is 65.9 Å². The number of fused-ring (bicyclic) bond motifs is 1. The first kappa shape index (κ1) is 18.9. The number of nitrogens with zero attached hydrogens (tertiary/aromatic N) is 2. The number of halogens is 1. The molecular formula is C21H23ClN2O. The van der Waals surface area contributed by atoms with Gasteiger partial charge in [-0.2, -0.15) is 0 Å². The van der Waals surface area contributed by atoms with Crippen molar-refractivity contribution in [1.29, 1.82) is 0 Å². The molecule has 1 heterocycles. The predicted molar refractivity (Wildman–Crippen MR) is 106 cm³/mol. The van der Waals surface area contributed by atoms with Crippen LogP contribution in [-0.4, -0.2) is 28.9 Å². The van der Waals surface area contributed by atoms with E-state index in [9.17, 15) is 4.79 Å². The summed E-state index contributed by atoms with van der Waals surface area (Å²) in [6.45, 7) is 7.32. The molecule has 0 radical (unpaired) electrons. The standard InChI is InChI=1S/C21H22N2O.ClH/c1-4-23(5-2)21(24)19-15(3)22-18-14-10-9-13-17(18)20(19)16-11-7-6-8-12-16;/h6-14H,4-5H2,1-3H3;1H. The number of aryl methyl sites for hydroxylation is 1. The molecule has 130 valence electrons. The summed E-state index contributed by atoms with van der Waals surface area (Å²) in [6.07, 6.45) is 0. The summed E-state index contributed by atoms with van der Waals surface area (Å²) >= 11 is 0. The number of amides is 1. The average Bonchev–Trinajstić information content (AvgIpc) is 2.62. The van der Waals surface area contributed by atoms with E-state index in [1.165, 1.54) is 0 Å². The van der Waals surface area contributed by atoms with Gasteiger partial charge in [0, 0.05) is 24.0 Å². The van der Waals surface area contributed by atoms with Gasteiger partial charge in [-0.25, -0.2) is 0 Å². The van der Waals surface area contributed by atoms with E-state index < -0.39 is 0 Å². The molecule has 0 fully saturated rings. The van der Waals surface area contributed by atoms with Crippen LogP contribution >= 0.6 is 12.4 Å². The number of carbonyl (C=O) groups is 1. The van der Waals surface area contributed by atoms with Crippen molar-refractivity contribution in [2.45, 2.75) is 20.8 Å². The largest absolute Gasteiger partial charge is 0.339 e. The van der Waals surface area contributed by atoms with E-state index in [0.717, 1.165) is 27.7 Å². The fourth-order valence-electron chi connectivity index (χ4n) is 3.17. The Hall–Kier alpha value is -2.39. The summed E-state index contributed by atoms with van der Waals surface area (Å²) < 4.78 is 0. The van der Waals surface area contributed by atoms with Crippen molar-refractivity contribution < 1.29 is 4.79 Å². The van der Waals surface area contributed by atoms with Gasteiger partial charge in [-0.3, -0.25) is 9.78 Å². The molecule has 0 unspecified atom stereocenters. The van der Waals surface area contributed by atoms with Crippen LogP contribution in [0.1, 0.15) is 29.9 Å². The molecule has 3 rings (SSSR count). The maximum Gasteiger partial charge on any atom is 0.256 e. The second-order valence-electron chi connectivity index (χ2n) is 5.81. The summed E-state index contributed by atoms with van der Waals surface area (Å²) in [6, 6.07) is 18.1. The third-order valence-electron chi connectivity index (χ3n) is 4.40. The van der Waals surface area contributed by atoms with Crippen LogP contribution < -0.4 is 0 Å². The van der Waals surface area contributed by atoms with Gasteiger partial charge in [0.1, 0.15) is 0 Å². The van der Waals surface area contributed by atoms with Gasteiger partial charge in [0.25, 0.3) is 5.91 Å². The Morgan fingerprint density at radius 2 is 1.56 bits per heavy atom. The van der Waals surface area contributed by atoms with Gasteiger partial charge in [-0.15, -0.1) is 12.4 Å². The Balaban J connectivity index is 0.00000225. The number of aromatic nitrogens is 1. The zero-order valence-corrected chi connectivity index (χ0v) is 15.6. The van der Waals surface area contributed by atoms with Crippen LogP contribution in [0, 0.1) is 6.92 Å². The van der Waals surface area contributed by atoms with Crippen LogP contribution in [0.25, 0.3) is 22.0 Å². The Kier molecular flexibility index (Phi) is 6.16. The van der Waals surface area contributed by atoms with Gasteiger partial charge in [0.15, 0.2) is 0 Å². The SMILES string of the molecule is CCN(CC)C(=O)c1c(C)nc2ccccc2c1-c1ccccc1.Cl. The maximum atomic E-state index is 13.2. The highest BCUT2D eigenvalue weighted by molar-refractivity contribution is 6.09. The van der Waals surface area contributed by atoms with Crippen LogP contribution in [0.3, 0.4) is 0 Å². The molecule has 0 saturated carbocycles. The van der Waals surface area contributed by atoms with Gasteiger partial charge in [-0.05, 0) is 32.4 Å². The zero-order chi connectivity index (χ0) is 17.1. The zero-order valence-electron chi connectivity index (χ0n) is 14.8. The molecule has 0 aliphatic carbocycles. The van der Waals surface area contributed by atoms with Gasteiger partial charge in [-0.1, -0.05) is 48.5 Å². The van der Waals surface area contributed by atoms with Gasteiger partial charge < -0.3 is 4.90 Å². The van der Waals surface area contributed by atoms with Crippen LogP contribution in [0.15, 0.2) is 54.6 Å². The molecule has 4 heteroatoms. The molecule has 25 heavy (non-hydrogen) atoms. The van der Waals surface area contributed by atoms with E-state index in [1.807, 2.05) is 68.1 Å². The van der Waals surface area contributed by atoms with Crippen molar-refractivity contribution in [2.24, 2.45) is 0 Å². The molecule has 0 spiro atoms. The third-order valence-corrected chi connectivity index (χ3v) is 4.40. The molecule has 0 N–H and O–H groups in total. The van der Waals surface area contributed by atoms with Gasteiger partial charge in [0.05, 0.1) is 16.8 Å². The summed E-state index contributed by atoms with van der Waals surface area (Å²) in [5.74, 6) is 0.0506. The number of pyridine rings is 1. The lowest BCUT2D eigenvalue weighted by Crippen LogP contribution is -2.31. The van der Waals surface area contributed by atoms with E-state index in [-0.39, 0.29) is 18.3 Å². The lowest BCUT2D eigenvalue weighted by Gasteiger charge is -2.22. The lowest BCUT2D eigenvalue weighted by atomic mass is 9.93. The fourth-order valence-corrected chi connectivity index (χ4v) is 3.17. The summed E-state index contributed by atoms with van der Waals surface area (Å²) in [4.78, 5) is 19.7. The summed E-state index contributed by atoms with van der Waals surface area (Å²) in [5, 5.41) is 1.02. The third kappa shape index (κ3) is 3.52. The van der Waals surface area contributed by atoms with Crippen LogP contribution in [0.2, 0.25) is 0 Å². The number of carbonyl (C=O) groups excluding carboxylic acids is 1. The Morgan fingerprint density at radius 1 is 0.960 bits per heavy atom. The molecule has 3 nitrogen and oxygen atoms in total. The molecule has 0 aliphatic rings. The van der Waals surface area contributed by atoms with E-state index in [1.54, 1.807) is 0 Å². The molecule has 0 atom stereocenters. The summed E-state index contributed by atoms with van der Waals surface area (Å²) in [7, 11) is 0. The quantitative estimate of drug-likeness (QED) is 0.652. The Labute approximate surface area is 155 Å². The number of benzene rings is 2. The van der Waals surface area contributed by atoms with Gasteiger partial charge >= 0.3 is 0 Å². The highest BCUT2D eigenvalue weighted by Crippen LogP contribution is 2.33. The molecule has 1 aromatic heterocycles. The predicted octanol–water partition coefficient (Wildman–Crippen LogP) is 5.11. The minimum absolute atomic E-state index is 0. The first-order chi connectivity index (χ1) is 11.7. The molecule has 2 aromatic carbocycles. The number of hydrogen-bond acceptors (Lipinski definition) is 2. The molecule has 3 aromatic rings. The Bertz CT molecular complexity index is 874. The van der Waals surface area contributed by atoms with Crippen LogP contribution in [-0.2, 0) is 0 Å². The van der Waals surface area contributed by atoms with Crippen molar-refractivity contribution in [2.75, 3.05) is 13.1 Å². The van der Waals surface area contributed by atoms with Crippen molar-refractivity contribution in [1.82, 2.24) is 9.88 Å². The van der Waals surface area contributed by atoms with Crippen LogP contribution in [0.5, 0.6) is 0 Å². The van der Waals surface area contributed by atoms with Crippen molar-refractivity contribution in [3.8, 4) is 11.1 Å². The second-order valence-corrected chi connectivity index (χ2v) is 5.81. The normalized spacial score (nSPS) is 10.4. The van der Waals surface area contributed by atoms with E-state index in [0.29, 0.717) is 18.7 Å². The number of para-hydroxylation sites is 1. The minimum Gasteiger partial charge on any atom is -0.339 e. The van der Waals surface area contributed by atoms with Crippen molar-refractivity contribution >= 4 is 29.2 Å². The number of hydrogen-bond donors (Lipinski definition) is 0. The highest BCUT2D eigenvalue weighted by atomic mass is 35.5. The molecule has 0 bridgehead atoms. The average molecular weight is 355 g/mol. The van der Waals surface area contributed by atoms with E-state index in [4.69, 9.17) is 0 Å². The second kappa shape index (κ2) is 8.13. The number of rotatable bonds is 4. The topological polar surface area (TPSA) is 33.2 Å². The fraction of sp³-hybridized carbons (Fsp3) is 0.238. The molecule has 1 amide bonds. The maximum absolute atomic E-state index is 13.2. The Morgan fingerprint density at radius 3 is 2.20 bits per heavy atom. The van der Waals surface area contributed by atoms with Crippen LogP contribution in [0.4, 0.5) is 0 Å². The first-order valence-corrected chi connectivity index (χ1v) is 8.41. The highest BCUT2D eigenvalue weighted by Gasteiger charge is 2.23. The van der Waals surface area contributed by atoms with Gasteiger partial charge in [0.2, 0.25) is 0 Å². The summed E-state index contributed by atoms with van der Waals surface area (Å²) in [5.41, 5.74) is 4.45. The van der Waals surface area contributed by atoms with E-state index >= 15 is 0 Å². The lowest BCUT2D eigenvalue weighted by molar-refractivity contribution is 0.0772. The molecule has 0 saturated heterocycles. The minimum atomic E-state index is 0. The smallest absolute Gasteiger partial charge is 0.256 e. The van der Waals surface area contributed by atoms with E-state index in [2.05, 4.69) is 17.1 Å². The van der Waals surface area contributed by atoms with Crippen molar-refractivity contribution in [3.63, 3.8) is 0 Å².